The summed E-state index contributed by atoms with van der Waals surface area (Å²) < 4.78 is 7.39. The summed E-state index contributed by atoms with van der Waals surface area (Å²) in [5.41, 5.74) is 0.932. The summed E-state index contributed by atoms with van der Waals surface area (Å²) >= 11 is 5.89. The van der Waals surface area contributed by atoms with Crippen LogP contribution in [-0.4, -0.2) is 27.6 Å². The van der Waals surface area contributed by atoms with E-state index >= 15 is 0 Å². The second-order valence-corrected chi connectivity index (χ2v) is 5.25. The molecule has 6 heteroatoms. The van der Waals surface area contributed by atoms with E-state index in [1.165, 1.54) is 0 Å². The molecule has 0 saturated carbocycles. The maximum Gasteiger partial charge on any atom is 0.120 e. The van der Waals surface area contributed by atoms with E-state index in [0.29, 0.717) is 24.2 Å². The Bertz CT molecular complexity index is 541. The number of benzene rings is 1. The van der Waals surface area contributed by atoms with Gasteiger partial charge in [-0.3, -0.25) is 0 Å². The molecule has 0 aliphatic heterocycles. The molecule has 1 aromatic carbocycles. The fraction of sp³-hybridized carbons (Fsp3) is 0.429. The molecule has 0 saturated heterocycles. The van der Waals surface area contributed by atoms with E-state index in [1.54, 1.807) is 10.7 Å². The van der Waals surface area contributed by atoms with Crippen molar-refractivity contribution in [2.45, 2.75) is 33.0 Å². The molecule has 0 aliphatic rings. The fourth-order valence-corrected chi connectivity index (χ4v) is 1.83. The summed E-state index contributed by atoms with van der Waals surface area (Å²) in [6, 6.07) is 7.79. The van der Waals surface area contributed by atoms with Gasteiger partial charge in [0.05, 0.1) is 12.2 Å². The number of hydrogen-bond acceptors (Lipinski definition) is 4. The van der Waals surface area contributed by atoms with E-state index in [4.69, 9.17) is 16.3 Å². The van der Waals surface area contributed by atoms with Gasteiger partial charge in [-0.1, -0.05) is 36.7 Å². The molecule has 2 aromatic rings. The van der Waals surface area contributed by atoms with Crippen LogP contribution in [0.4, 0.5) is 0 Å². The van der Waals surface area contributed by atoms with Crippen LogP contribution in [0.15, 0.2) is 30.5 Å². The van der Waals surface area contributed by atoms with E-state index in [0.717, 1.165) is 18.0 Å². The third-order valence-electron chi connectivity index (χ3n) is 2.66. The molecule has 108 valence electrons. The van der Waals surface area contributed by atoms with Crippen molar-refractivity contribution in [1.82, 2.24) is 20.3 Å². The Morgan fingerprint density at radius 1 is 1.40 bits per heavy atom. The Balaban J connectivity index is 1.77. The monoisotopic (exact) mass is 294 g/mol. The number of nitrogens with one attached hydrogen (secondary N) is 1. The first-order valence-corrected chi connectivity index (χ1v) is 7.02. The van der Waals surface area contributed by atoms with E-state index in [1.807, 2.05) is 24.4 Å². The molecular formula is C14H19ClN4O. The Morgan fingerprint density at radius 3 is 3.00 bits per heavy atom. The molecule has 20 heavy (non-hydrogen) atoms. The van der Waals surface area contributed by atoms with Gasteiger partial charge in [0.15, 0.2) is 0 Å². The Hall–Kier alpha value is -1.59. The zero-order chi connectivity index (χ0) is 14.4. The maximum absolute atomic E-state index is 5.89. The lowest BCUT2D eigenvalue weighted by molar-refractivity contribution is 0.289. The van der Waals surface area contributed by atoms with Crippen LogP contribution in [0, 0.1) is 0 Å². The minimum Gasteiger partial charge on any atom is -0.492 e. The third kappa shape index (κ3) is 4.83. The SMILES string of the molecule is CC(C)NCc1cn(CCOc2cccc(Cl)c2)nn1. The van der Waals surface area contributed by atoms with E-state index in [2.05, 4.69) is 29.5 Å². The lowest BCUT2D eigenvalue weighted by Gasteiger charge is -2.06. The van der Waals surface area contributed by atoms with E-state index in [-0.39, 0.29) is 0 Å². The molecule has 0 unspecified atom stereocenters. The van der Waals surface area contributed by atoms with Crippen LogP contribution in [0.3, 0.4) is 0 Å². The predicted octanol–water partition coefficient (Wildman–Crippen LogP) is 2.51. The van der Waals surface area contributed by atoms with Crippen molar-refractivity contribution in [2.24, 2.45) is 0 Å². The van der Waals surface area contributed by atoms with Crippen molar-refractivity contribution in [3.8, 4) is 5.75 Å². The quantitative estimate of drug-likeness (QED) is 0.852. The number of halogens is 1. The molecule has 0 bridgehead atoms. The summed E-state index contributed by atoms with van der Waals surface area (Å²) in [6.45, 7) is 6.11. The van der Waals surface area contributed by atoms with Gasteiger partial charge >= 0.3 is 0 Å². The molecule has 5 nitrogen and oxygen atoms in total. The van der Waals surface area contributed by atoms with Gasteiger partial charge in [-0.2, -0.15) is 0 Å². The second kappa shape index (κ2) is 7.26. The summed E-state index contributed by atoms with van der Waals surface area (Å²) in [6.07, 6.45) is 1.93. The average Bonchev–Trinajstić information content (AvgIpc) is 2.84. The average molecular weight is 295 g/mol. The van der Waals surface area contributed by atoms with Gasteiger partial charge in [0, 0.05) is 23.8 Å². The van der Waals surface area contributed by atoms with Crippen LogP contribution in [0.2, 0.25) is 5.02 Å². The van der Waals surface area contributed by atoms with Crippen LogP contribution in [0.25, 0.3) is 0 Å². The first kappa shape index (κ1) is 14.8. The highest BCUT2D eigenvalue weighted by atomic mass is 35.5. The lowest BCUT2D eigenvalue weighted by atomic mass is 10.3. The van der Waals surface area contributed by atoms with Gasteiger partial charge in [-0.25, -0.2) is 4.68 Å². The number of nitrogens with zero attached hydrogens (tertiary/aromatic N) is 3. The van der Waals surface area contributed by atoms with Gasteiger partial charge in [0.25, 0.3) is 0 Å². The first-order chi connectivity index (χ1) is 9.63. The molecule has 0 aliphatic carbocycles. The number of aromatic nitrogens is 3. The first-order valence-electron chi connectivity index (χ1n) is 6.64. The van der Waals surface area contributed by atoms with Crippen molar-refractivity contribution >= 4 is 11.6 Å². The van der Waals surface area contributed by atoms with Crippen LogP contribution < -0.4 is 10.1 Å². The molecule has 1 aromatic heterocycles. The number of ether oxygens (including phenoxy) is 1. The summed E-state index contributed by atoms with van der Waals surface area (Å²) in [5, 5.41) is 12.1. The molecular weight excluding hydrogens is 276 g/mol. The van der Waals surface area contributed by atoms with Crippen molar-refractivity contribution in [1.29, 1.82) is 0 Å². The van der Waals surface area contributed by atoms with Crippen LogP contribution in [-0.2, 0) is 13.1 Å². The molecule has 1 N–H and O–H groups in total. The Kier molecular flexibility index (Phi) is 5.38. The van der Waals surface area contributed by atoms with Gasteiger partial charge in [0.1, 0.15) is 12.4 Å². The maximum atomic E-state index is 5.89. The second-order valence-electron chi connectivity index (χ2n) is 4.81. The van der Waals surface area contributed by atoms with E-state index < -0.39 is 0 Å². The topological polar surface area (TPSA) is 52.0 Å². The van der Waals surface area contributed by atoms with Gasteiger partial charge in [-0.15, -0.1) is 5.10 Å². The summed E-state index contributed by atoms with van der Waals surface area (Å²) in [5.74, 6) is 0.763. The Morgan fingerprint density at radius 2 is 2.25 bits per heavy atom. The Labute approximate surface area is 123 Å². The normalized spacial score (nSPS) is 11.0. The highest BCUT2D eigenvalue weighted by Gasteiger charge is 2.02. The van der Waals surface area contributed by atoms with Crippen molar-refractivity contribution in [3.63, 3.8) is 0 Å². The summed E-state index contributed by atoms with van der Waals surface area (Å²) in [7, 11) is 0. The van der Waals surface area contributed by atoms with Gasteiger partial charge in [-0.05, 0) is 18.2 Å². The van der Waals surface area contributed by atoms with Crippen molar-refractivity contribution < 1.29 is 4.74 Å². The highest BCUT2D eigenvalue weighted by molar-refractivity contribution is 6.30. The molecule has 0 spiro atoms. The van der Waals surface area contributed by atoms with E-state index in [9.17, 15) is 0 Å². The van der Waals surface area contributed by atoms with Crippen molar-refractivity contribution in [3.05, 3.63) is 41.2 Å². The lowest BCUT2D eigenvalue weighted by Crippen LogP contribution is -2.21. The molecule has 2 rings (SSSR count). The molecule has 1 heterocycles. The standard InChI is InChI=1S/C14H19ClN4O/c1-11(2)16-9-13-10-19(18-17-13)6-7-20-14-5-3-4-12(15)8-14/h3-5,8,10-11,16H,6-7,9H2,1-2H3. The van der Waals surface area contributed by atoms with Crippen LogP contribution >= 0.6 is 11.6 Å². The van der Waals surface area contributed by atoms with Crippen LogP contribution in [0.1, 0.15) is 19.5 Å². The third-order valence-corrected chi connectivity index (χ3v) is 2.90. The zero-order valence-electron chi connectivity index (χ0n) is 11.7. The zero-order valence-corrected chi connectivity index (χ0v) is 12.5. The minimum absolute atomic E-state index is 0.436. The predicted molar refractivity (Wildman–Crippen MR) is 78.9 cm³/mol. The van der Waals surface area contributed by atoms with Crippen LogP contribution in [0.5, 0.6) is 5.75 Å². The minimum atomic E-state index is 0.436. The van der Waals surface area contributed by atoms with Crippen molar-refractivity contribution in [2.75, 3.05) is 6.61 Å². The number of rotatable bonds is 7. The molecule has 0 amide bonds. The van der Waals surface area contributed by atoms with Gasteiger partial charge < -0.3 is 10.1 Å². The number of hydrogen-bond donors (Lipinski definition) is 1. The molecule has 0 fully saturated rings. The smallest absolute Gasteiger partial charge is 0.120 e. The highest BCUT2D eigenvalue weighted by Crippen LogP contribution is 2.16. The molecule has 0 radical (unpaired) electrons. The largest absolute Gasteiger partial charge is 0.492 e. The van der Waals surface area contributed by atoms with Gasteiger partial charge in [0.2, 0.25) is 0 Å². The fourth-order valence-electron chi connectivity index (χ4n) is 1.65. The summed E-state index contributed by atoms with van der Waals surface area (Å²) in [4.78, 5) is 0. The molecule has 0 atom stereocenters.